The number of halogens is 5. The quantitative estimate of drug-likeness (QED) is 0.337. The van der Waals surface area contributed by atoms with E-state index in [9.17, 15) is 22.4 Å². The van der Waals surface area contributed by atoms with E-state index in [-0.39, 0.29) is 34.6 Å². The smallest absolute Gasteiger partial charge is 0.417 e. The van der Waals surface area contributed by atoms with Gasteiger partial charge in [-0.2, -0.15) is 13.2 Å². The number of amides is 1. The molecule has 1 unspecified atom stereocenters. The van der Waals surface area contributed by atoms with Crippen LogP contribution in [0.2, 0.25) is 5.02 Å². The number of carbonyl (C=O) groups excluding carboxylic acids is 1. The third kappa shape index (κ3) is 5.60. The Morgan fingerprint density at radius 2 is 1.97 bits per heavy atom. The first kappa shape index (κ1) is 26.6. The zero-order valence-electron chi connectivity index (χ0n) is 19.1. The van der Waals surface area contributed by atoms with Crippen molar-refractivity contribution in [3.05, 3.63) is 53.1 Å². The van der Waals surface area contributed by atoms with Crippen LogP contribution in [-0.4, -0.2) is 56.6 Å². The maximum Gasteiger partial charge on any atom is 0.417 e. The van der Waals surface area contributed by atoms with Crippen molar-refractivity contribution in [1.29, 1.82) is 0 Å². The SMILES string of the molecule is CC1(COc2cc(Cl)c(-c3nnc(-c4cn5cc(C(F)(F)F)ccc5n4)s3)cc2F)COC(=O)N1.CO. The molecule has 0 bridgehead atoms. The number of cyclic esters (lactones) is 1. The van der Waals surface area contributed by atoms with Crippen LogP contribution in [-0.2, 0) is 10.9 Å². The molecule has 1 aromatic carbocycles. The molecule has 1 amide bonds. The number of imidazole rings is 1. The molecule has 0 radical (unpaired) electrons. The van der Waals surface area contributed by atoms with E-state index in [0.29, 0.717) is 16.3 Å². The molecular formula is C22H18ClF4N5O4S. The van der Waals surface area contributed by atoms with Crippen LogP contribution in [0, 0.1) is 5.82 Å². The normalized spacial score (nSPS) is 17.2. The molecule has 1 fully saturated rings. The minimum absolute atomic E-state index is 0.0434. The molecule has 1 aliphatic rings. The monoisotopic (exact) mass is 559 g/mol. The van der Waals surface area contributed by atoms with Crippen molar-refractivity contribution in [1.82, 2.24) is 24.9 Å². The van der Waals surface area contributed by atoms with Crippen molar-refractivity contribution in [3.8, 4) is 27.0 Å². The highest BCUT2D eigenvalue weighted by molar-refractivity contribution is 7.18. The summed E-state index contributed by atoms with van der Waals surface area (Å²) in [6.07, 6.45) is -2.73. The fourth-order valence-electron chi connectivity index (χ4n) is 3.36. The number of fused-ring (bicyclic) bond motifs is 1. The maximum atomic E-state index is 14.7. The Hall–Kier alpha value is -3.49. The van der Waals surface area contributed by atoms with E-state index in [1.54, 1.807) is 6.92 Å². The van der Waals surface area contributed by atoms with E-state index in [0.717, 1.165) is 36.8 Å². The first-order valence-electron chi connectivity index (χ1n) is 10.4. The topological polar surface area (TPSA) is 111 Å². The Morgan fingerprint density at radius 3 is 2.65 bits per heavy atom. The van der Waals surface area contributed by atoms with Gasteiger partial charge in [-0.25, -0.2) is 14.2 Å². The molecule has 196 valence electrons. The number of nitrogens with zero attached hydrogens (tertiary/aromatic N) is 4. The molecule has 0 aliphatic carbocycles. The first-order chi connectivity index (χ1) is 17.5. The largest absolute Gasteiger partial charge is 0.488 e. The van der Waals surface area contributed by atoms with E-state index >= 15 is 0 Å². The van der Waals surface area contributed by atoms with Gasteiger partial charge in [0.05, 0.1) is 10.6 Å². The minimum atomic E-state index is -4.48. The second-order valence-corrected chi connectivity index (χ2v) is 9.42. The summed E-state index contributed by atoms with van der Waals surface area (Å²) in [5.41, 5.74) is -0.760. The van der Waals surface area contributed by atoms with Crippen molar-refractivity contribution in [3.63, 3.8) is 0 Å². The zero-order chi connectivity index (χ0) is 27.0. The number of alkyl halides is 3. The van der Waals surface area contributed by atoms with Gasteiger partial charge in [0, 0.05) is 31.1 Å². The Bertz CT molecular complexity index is 1460. The summed E-state index contributed by atoms with van der Waals surface area (Å²) in [5, 5.41) is 18.4. The van der Waals surface area contributed by atoms with Crippen molar-refractivity contribution in [2.45, 2.75) is 18.6 Å². The van der Waals surface area contributed by atoms with Gasteiger partial charge in [0.1, 0.15) is 35.1 Å². The molecule has 37 heavy (non-hydrogen) atoms. The molecule has 4 aromatic rings. The molecule has 1 saturated heterocycles. The van der Waals surface area contributed by atoms with Crippen LogP contribution in [0.3, 0.4) is 0 Å². The fraction of sp³-hybridized carbons (Fsp3) is 0.273. The molecule has 9 nitrogen and oxygen atoms in total. The number of aromatic nitrogens is 4. The fourth-order valence-corrected chi connectivity index (χ4v) is 4.49. The van der Waals surface area contributed by atoms with E-state index in [2.05, 4.69) is 20.5 Å². The highest BCUT2D eigenvalue weighted by atomic mass is 35.5. The van der Waals surface area contributed by atoms with E-state index in [1.807, 2.05) is 0 Å². The average molecular weight is 560 g/mol. The van der Waals surface area contributed by atoms with Crippen LogP contribution < -0.4 is 10.1 Å². The van der Waals surface area contributed by atoms with Crippen molar-refractivity contribution < 1.29 is 36.9 Å². The Kier molecular flexibility index (Phi) is 7.26. The van der Waals surface area contributed by atoms with Crippen LogP contribution in [0.15, 0.2) is 36.7 Å². The minimum Gasteiger partial charge on any atom is -0.488 e. The lowest BCUT2D eigenvalue weighted by Crippen LogP contribution is -2.45. The maximum absolute atomic E-state index is 14.7. The Morgan fingerprint density at radius 1 is 1.24 bits per heavy atom. The summed E-state index contributed by atoms with van der Waals surface area (Å²) in [6.45, 7) is 1.73. The molecule has 2 N–H and O–H groups in total. The lowest BCUT2D eigenvalue weighted by atomic mass is 10.1. The number of aliphatic hydroxyl groups excluding tert-OH is 1. The number of rotatable bonds is 5. The molecule has 5 rings (SSSR count). The van der Waals surface area contributed by atoms with Gasteiger partial charge in [-0.1, -0.05) is 22.9 Å². The van der Waals surface area contributed by atoms with Crippen molar-refractivity contribution in [2.24, 2.45) is 0 Å². The second kappa shape index (κ2) is 10.1. The van der Waals surface area contributed by atoms with E-state index in [4.69, 9.17) is 26.2 Å². The van der Waals surface area contributed by atoms with Gasteiger partial charge < -0.3 is 24.3 Å². The number of nitrogens with one attached hydrogen (secondary N) is 1. The summed E-state index contributed by atoms with van der Waals surface area (Å²) in [6, 6.07) is 4.63. The van der Waals surface area contributed by atoms with Gasteiger partial charge in [-0.05, 0) is 25.1 Å². The zero-order valence-corrected chi connectivity index (χ0v) is 20.7. The number of carbonyl (C=O) groups is 1. The van der Waals surface area contributed by atoms with E-state index in [1.165, 1.54) is 22.7 Å². The number of pyridine rings is 1. The summed E-state index contributed by atoms with van der Waals surface area (Å²) in [5.74, 6) is -0.825. The second-order valence-electron chi connectivity index (χ2n) is 8.03. The molecule has 1 atom stereocenters. The number of alkyl carbamates (subject to hydrolysis) is 1. The molecular weight excluding hydrogens is 542 g/mol. The predicted octanol–water partition coefficient (Wildman–Crippen LogP) is 4.82. The summed E-state index contributed by atoms with van der Waals surface area (Å²) < 4.78 is 65.2. The average Bonchev–Trinajstić information content (AvgIpc) is 3.58. The van der Waals surface area contributed by atoms with E-state index < -0.39 is 29.2 Å². The highest BCUT2D eigenvalue weighted by Crippen LogP contribution is 2.37. The Labute approximate surface area is 215 Å². The van der Waals surface area contributed by atoms with Crippen LogP contribution in [0.25, 0.3) is 26.9 Å². The number of ether oxygens (including phenoxy) is 2. The molecule has 3 aromatic heterocycles. The van der Waals surface area contributed by atoms with Crippen LogP contribution in [0.4, 0.5) is 22.4 Å². The lowest BCUT2D eigenvalue weighted by molar-refractivity contribution is -0.137. The van der Waals surface area contributed by atoms with Gasteiger partial charge >= 0.3 is 12.3 Å². The van der Waals surface area contributed by atoms with Crippen molar-refractivity contribution >= 4 is 34.7 Å². The predicted molar refractivity (Wildman–Crippen MR) is 126 cm³/mol. The van der Waals surface area contributed by atoms with Crippen LogP contribution in [0.5, 0.6) is 5.75 Å². The number of hydrogen-bond donors (Lipinski definition) is 2. The van der Waals surface area contributed by atoms with Gasteiger partial charge in [0.15, 0.2) is 16.6 Å². The number of benzene rings is 1. The lowest BCUT2D eigenvalue weighted by Gasteiger charge is -2.21. The van der Waals surface area contributed by atoms with Crippen molar-refractivity contribution in [2.75, 3.05) is 20.3 Å². The standard InChI is InChI=1S/C21H14ClF4N5O3S.CH4O/c1-20(9-34-19(32)28-20)8-33-15-5-12(22)11(4-13(15)23)17-29-30-18(35-17)14-7-31-6-10(21(24,25)26)2-3-16(31)27-14;1-2/h2-7H,8-9H2,1H3,(H,28,32);2H,1H3. The van der Waals surface area contributed by atoms with Gasteiger partial charge in [0.25, 0.3) is 0 Å². The first-order valence-corrected chi connectivity index (χ1v) is 11.6. The van der Waals surface area contributed by atoms with Crippen LogP contribution >= 0.6 is 22.9 Å². The summed E-state index contributed by atoms with van der Waals surface area (Å²) >= 11 is 7.39. The summed E-state index contributed by atoms with van der Waals surface area (Å²) in [4.78, 5) is 15.5. The third-order valence-corrected chi connectivity index (χ3v) is 6.44. The number of aliphatic hydroxyl groups is 1. The third-order valence-electron chi connectivity index (χ3n) is 5.15. The van der Waals surface area contributed by atoms with Gasteiger partial charge in [-0.3, -0.25) is 0 Å². The van der Waals surface area contributed by atoms with Gasteiger partial charge in [0.2, 0.25) is 0 Å². The highest BCUT2D eigenvalue weighted by Gasteiger charge is 2.36. The molecule has 1 aliphatic heterocycles. The molecule has 0 spiro atoms. The molecule has 4 heterocycles. The summed E-state index contributed by atoms with van der Waals surface area (Å²) in [7, 11) is 1.00. The Balaban J connectivity index is 0.00000156. The number of hydrogen-bond acceptors (Lipinski definition) is 8. The van der Waals surface area contributed by atoms with Crippen LogP contribution in [0.1, 0.15) is 12.5 Å². The van der Waals surface area contributed by atoms with Gasteiger partial charge in [-0.15, -0.1) is 10.2 Å². The molecule has 0 saturated carbocycles. The molecule has 15 heteroatoms.